The van der Waals surface area contributed by atoms with Crippen molar-refractivity contribution in [1.82, 2.24) is 0 Å². The van der Waals surface area contributed by atoms with Crippen molar-refractivity contribution in [3.05, 3.63) is 39.9 Å². The van der Waals surface area contributed by atoms with Crippen LogP contribution < -0.4 is 0 Å². The molecule has 1 aromatic carbocycles. The molecule has 0 saturated carbocycles. The summed E-state index contributed by atoms with van der Waals surface area (Å²) in [5.41, 5.74) is -3.71. The summed E-state index contributed by atoms with van der Waals surface area (Å²) in [4.78, 5) is 10.3. The Hall–Kier alpha value is -3.48. The summed E-state index contributed by atoms with van der Waals surface area (Å²) in [5, 5.41) is 49.1. The van der Waals surface area contributed by atoms with Gasteiger partial charge in [0.15, 0.2) is 5.41 Å². The zero-order chi connectivity index (χ0) is 20.0. The largest absolute Gasteiger partial charge is 0.447 e. The molecule has 3 rings (SSSR count). The van der Waals surface area contributed by atoms with Crippen molar-refractivity contribution in [2.75, 3.05) is 0 Å². The number of nitro benzene ring substituents is 1. The van der Waals surface area contributed by atoms with Gasteiger partial charge >= 0.3 is 0 Å². The summed E-state index contributed by atoms with van der Waals surface area (Å²) in [5.74, 6) is -2.54. The lowest BCUT2D eigenvalue weighted by molar-refractivity contribution is -0.384. The maximum Gasteiger partial charge on any atom is 0.269 e. The minimum absolute atomic E-state index is 0.158. The van der Waals surface area contributed by atoms with Crippen LogP contribution in [0.5, 0.6) is 0 Å². The number of nitrogens with one attached hydrogen (secondary N) is 1. The van der Waals surface area contributed by atoms with Crippen LogP contribution in [0.3, 0.4) is 0 Å². The van der Waals surface area contributed by atoms with Crippen LogP contribution in [0.15, 0.2) is 24.3 Å². The lowest BCUT2D eigenvalue weighted by atomic mass is 9.53. The van der Waals surface area contributed by atoms with Gasteiger partial charge in [0.2, 0.25) is 17.1 Å². The molecule has 0 spiro atoms. The van der Waals surface area contributed by atoms with Gasteiger partial charge in [0, 0.05) is 18.6 Å². The number of benzene rings is 1. The van der Waals surface area contributed by atoms with E-state index in [-0.39, 0.29) is 12.1 Å². The fourth-order valence-corrected chi connectivity index (χ4v) is 4.11. The second-order valence-corrected chi connectivity index (χ2v) is 6.62. The molecule has 9 heteroatoms. The van der Waals surface area contributed by atoms with E-state index in [0.29, 0.717) is 5.56 Å². The number of nitriles is 3. The zero-order valence-electron chi connectivity index (χ0n) is 14.6. The summed E-state index contributed by atoms with van der Waals surface area (Å²) in [6.45, 7) is 3.39. The SMILES string of the molecule is CC[C@@]12OC(=N)[C@@](C#N)([C@@H]1C)C(C#N)(C#N)[C@H](c1ccc([N+](=O)[O-])cc1)O2. The van der Waals surface area contributed by atoms with E-state index < -0.39 is 39.5 Å². The van der Waals surface area contributed by atoms with E-state index in [9.17, 15) is 25.9 Å². The van der Waals surface area contributed by atoms with Gasteiger partial charge in [-0.2, -0.15) is 15.8 Å². The van der Waals surface area contributed by atoms with E-state index in [1.165, 1.54) is 24.3 Å². The van der Waals surface area contributed by atoms with Crippen molar-refractivity contribution in [3.63, 3.8) is 0 Å². The first-order valence-electron chi connectivity index (χ1n) is 8.22. The molecule has 2 aliphatic rings. The van der Waals surface area contributed by atoms with Crippen molar-refractivity contribution in [3.8, 4) is 18.2 Å². The standard InChI is InChI=1S/C18H15N5O4/c1-3-18-11(2)17(10-21,15(22)27-18)16(8-19,9-20)14(26-18)12-4-6-13(7-5-12)23(24)25/h4-7,11,14,22H,3H2,1-2H3/t11-,14-,17+,18+/m0/s1. The van der Waals surface area contributed by atoms with Crippen LogP contribution in [-0.2, 0) is 9.47 Å². The van der Waals surface area contributed by atoms with Crippen LogP contribution in [0.4, 0.5) is 5.69 Å². The smallest absolute Gasteiger partial charge is 0.269 e. The Morgan fingerprint density at radius 2 is 1.81 bits per heavy atom. The van der Waals surface area contributed by atoms with Gasteiger partial charge in [-0.05, 0) is 17.7 Å². The maximum atomic E-state index is 10.9. The molecule has 0 radical (unpaired) electrons. The Kier molecular flexibility index (Phi) is 3.91. The summed E-state index contributed by atoms with van der Waals surface area (Å²) in [6.07, 6.45) is -0.928. The first kappa shape index (κ1) is 18.3. The van der Waals surface area contributed by atoms with Crippen LogP contribution in [0.2, 0.25) is 0 Å². The number of rotatable bonds is 3. The maximum absolute atomic E-state index is 10.9. The number of ether oxygens (including phenoxy) is 2. The average Bonchev–Trinajstić information content (AvgIpc) is 2.84. The van der Waals surface area contributed by atoms with Gasteiger partial charge in [0.05, 0.1) is 29.0 Å². The highest BCUT2D eigenvalue weighted by molar-refractivity contribution is 5.89. The van der Waals surface area contributed by atoms with Gasteiger partial charge in [0.1, 0.15) is 6.10 Å². The molecule has 9 nitrogen and oxygen atoms in total. The molecular weight excluding hydrogens is 350 g/mol. The van der Waals surface area contributed by atoms with E-state index in [1.54, 1.807) is 13.8 Å². The monoisotopic (exact) mass is 365 g/mol. The van der Waals surface area contributed by atoms with Gasteiger partial charge in [-0.25, -0.2) is 0 Å². The van der Waals surface area contributed by atoms with Crippen LogP contribution in [0.1, 0.15) is 31.9 Å². The summed E-state index contributed by atoms with van der Waals surface area (Å²) in [7, 11) is 0. The highest BCUT2D eigenvalue weighted by Crippen LogP contribution is 2.66. The predicted molar refractivity (Wildman–Crippen MR) is 89.6 cm³/mol. The van der Waals surface area contributed by atoms with Crippen LogP contribution >= 0.6 is 0 Å². The minimum Gasteiger partial charge on any atom is -0.447 e. The molecule has 2 heterocycles. The van der Waals surface area contributed by atoms with E-state index in [1.807, 2.05) is 18.2 Å². The fourth-order valence-electron chi connectivity index (χ4n) is 4.11. The lowest BCUT2D eigenvalue weighted by Crippen LogP contribution is -2.58. The second-order valence-electron chi connectivity index (χ2n) is 6.62. The lowest BCUT2D eigenvalue weighted by Gasteiger charge is -2.48. The predicted octanol–water partition coefficient (Wildman–Crippen LogP) is 2.96. The molecule has 0 aromatic heterocycles. The molecule has 4 atom stereocenters. The number of fused-ring (bicyclic) bond motifs is 2. The molecule has 1 N–H and O–H groups in total. The number of non-ortho nitro benzene ring substituents is 1. The van der Waals surface area contributed by atoms with Gasteiger partial charge in [0.25, 0.3) is 5.69 Å². The number of nitro groups is 1. The van der Waals surface area contributed by atoms with Crippen LogP contribution in [-0.4, -0.2) is 16.6 Å². The van der Waals surface area contributed by atoms with Crippen LogP contribution in [0.25, 0.3) is 0 Å². The Morgan fingerprint density at radius 3 is 2.26 bits per heavy atom. The molecule has 0 amide bonds. The van der Waals surface area contributed by atoms with E-state index in [0.717, 1.165) is 0 Å². The molecule has 0 unspecified atom stereocenters. The van der Waals surface area contributed by atoms with Gasteiger partial charge < -0.3 is 9.47 Å². The molecule has 2 saturated heterocycles. The number of hydrogen-bond donors (Lipinski definition) is 1. The molecule has 136 valence electrons. The Balaban J connectivity index is 2.27. The molecule has 2 bridgehead atoms. The van der Waals surface area contributed by atoms with Crippen molar-refractivity contribution >= 4 is 11.6 Å². The summed E-state index contributed by atoms with van der Waals surface area (Å²) in [6, 6.07) is 11.1. The van der Waals surface area contributed by atoms with Gasteiger partial charge in [-0.15, -0.1) is 0 Å². The van der Waals surface area contributed by atoms with Crippen LogP contribution in [0, 0.1) is 66.3 Å². The third-order valence-corrected chi connectivity index (χ3v) is 5.70. The van der Waals surface area contributed by atoms with Crippen molar-refractivity contribution < 1.29 is 14.4 Å². The Morgan fingerprint density at radius 1 is 1.22 bits per heavy atom. The van der Waals surface area contributed by atoms with Crippen molar-refractivity contribution in [2.45, 2.75) is 32.2 Å². The molecule has 27 heavy (non-hydrogen) atoms. The molecule has 1 aromatic rings. The topological polar surface area (TPSA) is 157 Å². The van der Waals surface area contributed by atoms with Crippen molar-refractivity contribution in [1.29, 1.82) is 21.2 Å². The Bertz CT molecular complexity index is 940. The highest BCUT2D eigenvalue weighted by Gasteiger charge is 2.78. The quantitative estimate of drug-likeness (QED) is 0.637. The first-order chi connectivity index (χ1) is 12.8. The highest BCUT2D eigenvalue weighted by atomic mass is 16.7. The normalized spacial score (nSPS) is 33.2. The van der Waals surface area contributed by atoms with E-state index in [4.69, 9.17) is 14.9 Å². The molecule has 0 aliphatic carbocycles. The molecule has 2 fully saturated rings. The number of nitrogens with zero attached hydrogens (tertiary/aromatic N) is 4. The fraction of sp³-hybridized carbons (Fsp3) is 0.444. The minimum atomic E-state index is -2.05. The zero-order valence-corrected chi connectivity index (χ0v) is 14.6. The second kappa shape index (κ2) is 5.77. The third-order valence-electron chi connectivity index (χ3n) is 5.70. The van der Waals surface area contributed by atoms with E-state index in [2.05, 4.69) is 0 Å². The Labute approximate surface area is 155 Å². The average molecular weight is 365 g/mol. The van der Waals surface area contributed by atoms with Gasteiger partial charge in [-0.3, -0.25) is 15.5 Å². The molecule has 2 aliphatic heterocycles. The molecular formula is C18H15N5O4. The van der Waals surface area contributed by atoms with E-state index >= 15 is 0 Å². The van der Waals surface area contributed by atoms with Gasteiger partial charge in [-0.1, -0.05) is 13.8 Å². The first-order valence-corrected chi connectivity index (χ1v) is 8.22. The third kappa shape index (κ3) is 1.96. The summed E-state index contributed by atoms with van der Waals surface area (Å²) >= 11 is 0. The number of hydrogen-bond acceptors (Lipinski definition) is 8. The van der Waals surface area contributed by atoms with Crippen molar-refractivity contribution in [2.24, 2.45) is 16.7 Å². The summed E-state index contributed by atoms with van der Waals surface area (Å²) < 4.78 is 11.7.